The molecule has 6 fully saturated rings. The zero-order valence-corrected chi connectivity index (χ0v) is 19.2. The van der Waals surface area contributed by atoms with Gasteiger partial charge in [-0.05, 0) is 91.8 Å². The Morgan fingerprint density at radius 3 is 2.40 bits per heavy atom. The summed E-state index contributed by atoms with van der Waals surface area (Å²) >= 11 is 0. The number of piperidine rings is 1. The van der Waals surface area contributed by atoms with E-state index < -0.39 is 0 Å². The van der Waals surface area contributed by atoms with Crippen molar-refractivity contribution in [2.75, 3.05) is 39.3 Å². The van der Waals surface area contributed by atoms with E-state index in [0.29, 0.717) is 17.4 Å². The van der Waals surface area contributed by atoms with Gasteiger partial charge >= 0.3 is 0 Å². The zero-order chi connectivity index (χ0) is 20.3. The van der Waals surface area contributed by atoms with E-state index in [0.717, 1.165) is 17.4 Å². The third-order valence-corrected chi connectivity index (χ3v) is 9.68. The molecule has 0 radical (unpaired) electrons. The van der Waals surface area contributed by atoms with E-state index >= 15 is 0 Å². The van der Waals surface area contributed by atoms with Crippen LogP contribution >= 0.6 is 0 Å². The normalized spacial score (nSPS) is 36.4. The van der Waals surface area contributed by atoms with Crippen LogP contribution < -0.4 is 5.32 Å². The van der Waals surface area contributed by atoms with Crippen LogP contribution in [0.3, 0.4) is 0 Å². The first-order valence-electron chi connectivity index (χ1n) is 12.8. The van der Waals surface area contributed by atoms with Crippen molar-refractivity contribution in [2.45, 2.75) is 76.8 Å². The monoisotopic (exact) mass is 407 g/mol. The first-order valence-corrected chi connectivity index (χ1v) is 12.8. The van der Waals surface area contributed by atoms with Crippen LogP contribution in [0.5, 0.6) is 0 Å². The minimum atomic E-state index is 0.591. The highest BCUT2D eigenvalue weighted by Crippen LogP contribution is 2.64. The number of nitrogens with one attached hydrogen (secondary N) is 1. The lowest BCUT2D eigenvalue weighted by Crippen LogP contribution is -2.63. The second kappa shape index (κ2) is 7.32. The molecule has 1 atom stereocenters. The Hall–Kier alpha value is -0.900. The van der Waals surface area contributed by atoms with Crippen molar-refractivity contribution >= 4 is 0 Å². The van der Waals surface area contributed by atoms with Crippen LogP contribution in [0.25, 0.3) is 0 Å². The van der Waals surface area contributed by atoms with Crippen molar-refractivity contribution in [3.8, 4) is 0 Å². The van der Waals surface area contributed by atoms with E-state index in [4.69, 9.17) is 0 Å². The van der Waals surface area contributed by atoms with Gasteiger partial charge in [0.25, 0.3) is 0 Å². The molecule has 1 N–H and O–H groups in total. The zero-order valence-electron chi connectivity index (χ0n) is 19.2. The SMILES string of the molecule is CC(C)c1ccccc1C1CN(CC23CC(C2)C3)CCN1C1CC2(CCNCC2)C1. The minimum absolute atomic E-state index is 0.591. The minimum Gasteiger partial charge on any atom is -0.317 e. The van der Waals surface area contributed by atoms with Crippen molar-refractivity contribution in [1.82, 2.24) is 15.1 Å². The second-order valence-corrected chi connectivity index (χ2v) is 12.1. The summed E-state index contributed by atoms with van der Waals surface area (Å²) in [5.41, 5.74) is 4.60. The fourth-order valence-electron chi connectivity index (χ4n) is 7.92. The van der Waals surface area contributed by atoms with Crippen LogP contribution in [0.15, 0.2) is 24.3 Å². The van der Waals surface area contributed by atoms with Gasteiger partial charge in [0.05, 0.1) is 0 Å². The molecule has 3 heteroatoms. The van der Waals surface area contributed by atoms with Crippen molar-refractivity contribution in [3.63, 3.8) is 0 Å². The Morgan fingerprint density at radius 1 is 1.00 bits per heavy atom. The van der Waals surface area contributed by atoms with E-state index in [-0.39, 0.29) is 0 Å². The molecule has 2 bridgehead atoms. The summed E-state index contributed by atoms with van der Waals surface area (Å²) in [5, 5.41) is 3.58. The number of rotatable bonds is 5. The summed E-state index contributed by atoms with van der Waals surface area (Å²) < 4.78 is 0. The maximum Gasteiger partial charge on any atom is 0.0481 e. The van der Waals surface area contributed by atoms with Gasteiger partial charge in [0.1, 0.15) is 0 Å². The molecule has 4 saturated carbocycles. The molecule has 0 amide bonds. The Labute approximate surface area is 183 Å². The number of benzene rings is 1. The first kappa shape index (κ1) is 19.8. The molecule has 1 aromatic carbocycles. The Kier molecular flexibility index (Phi) is 4.82. The maximum atomic E-state index is 3.58. The molecule has 1 unspecified atom stereocenters. The van der Waals surface area contributed by atoms with Gasteiger partial charge in [-0.2, -0.15) is 0 Å². The smallest absolute Gasteiger partial charge is 0.0481 e. The second-order valence-electron chi connectivity index (χ2n) is 12.1. The Morgan fingerprint density at radius 2 is 1.73 bits per heavy atom. The maximum absolute atomic E-state index is 3.58. The molecule has 164 valence electrons. The highest BCUT2D eigenvalue weighted by atomic mass is 15.3. The molecule has 3 nitrogen and oxygen atoms in total. The molecule has 2 aliphatic heterocycles. The summed E-state index contributed by atoms with van der Waals surface area (Å²) in [4.78, 5) is 5.81. The van der Waals surface area contributed by atoms with Crippen LogP contribution in [0.1, 0.15) is 81.9 Å². The van der Waals surface area contributed by atoms with Crippen LogP contribution in [-0.2, 0) is 0 Å². The molecule has 2 saturated heterocycles. The highest BCUT2D eigenvalue weighted by Gasteiger charge is 2.57. The molecular formula is C27H41N3. The highest BCUT2D eigenvalue weighted by molar-refractivity contribution is 5.33. The van der Waals surface area contributed by atoms with Crippen molar-refractivity contribution in [3.05, 3.63) is 35.4 Å². The van der Waals surface area contributed by atoms with Crippen LogP contribution in [-0.4, -0.2) is 55.1 Å². The van der Waals surface area contributed by atoms with Gasteiger partial charge in [-0.3, -0.25) is 9.80 Å². The summed E-state index contributed by atoms with van der Waals surface area (Å²) in [6.45, 7) is 12.4. The van der Waals surface area contributed by atoms with Gasteiger partial charge in [-0.15, -0.1) is 0 Å². The van der Waals surface area contributed by atoms with E-state index in [2.05, 4.69) is 53.2 Å². The standard InChI is InChI=1S/C27H41N3/c1-20(2)23-5-3-4-6-24(23)25-18-29(19-27-13-21(14-27)15-27)11-12-30(25)22-16-26(17-22)7-9-28-10-8-26/h3-6,20-22,25,28H,7-19H2,1-2H3. The van der Waals surface area contributed by atoms with Gasteiger partial charge in [0.15, 0.2) is 0 Å². The van der Waals surface area contributed by atoms with Crippen molar-refractivity contribution in [2.24, 2.45) is 16.7 Å². The number of piperazine rings is 1. The van der Waals surface area contributed by atoms with Crippen molar-refractivity contribution < 1.29 is 0 Å². The molecule has 4 aliphatic carbocycles. The third-order valence-electron chi connectivity index (χ3n) is 9.68. The van der Waals surface area contributed by atoms with E-state index in [1.54, 1.807) is 11.1 Å². The quantitative estimate of drug-likeness (QED) is 0.756. The summed E-state index contributed by atoms with van der Waals surface area (Å²) in [5.74, 6) is 1.70. The summed E-state index contributed by atoms with van der Waals surface area (Å²) in [7, 11) is 0. The van der Waals surface area contributed by atoms with Crippen molar-refractivity contribution in [1.29, 1.82) is 0 Å². The fourth-order valence-corrected chi connectivity index (χ4v) is 7.92. The lowest BCUT2D eigenvalue weighted by atomic mass is 9.44. The number of hydrogen-bond donors (Lipinski definition) is 1. The molecular weight excluding hydrogens is 366 g/mol. The van der Waals surface area contributed by atoms with E-state index in [9.17, 15) is 0 Å². The number of hydrogen-bond acceptors (Lipinski definition) is 3. The third kappa shape index (κ3) is 3.27. The molecule has 0 aromatic heterocycles. The fraction of sp³-hybridized carbons (Fsp3) is 0.778. The first-order chi connectivity index (χ1) is 14.5. The molecule has 6 aliphatic rings. The largest absolute Gasteiger partial charge is 0.317 e. The molecule has 7 rings (SSSR count). The molecule has 30 heavy (non-hydrogen) atoms. The average molecular weight is 408 g/mol. The molecule has 1 spiro atoms. The lowest BCUT2D eigenvalue weighted by molar-refractivity contribution is -0.138. The van der Waals surface area contributed by atoms with Gasteiger partial charge in [-0.1, -0.05) is 38.1 Å². The van der Waals surface area contributed by atoms with E-state index in [1.165, 1.54) is 84.2 Å². The van der Waals surface area contributed by atoms with Crippen LogP contribution in [0, 0.1) is 16.7 Å². The van der Waals surface area contributed by atoms with Gasteiger partial charge in [0.2, 0.25) is 0 Å². The lowest BCUT2D eigenvalue weighted by Gasteiger charge is -2.64. The van der Waals surface area contributed by atoms with Crippen LogP contribution in [0.2, 0.25) is 0 Å². The predicted molar refractivity (Wildman–Crippen MR) is 124 cm³/mol. The summed E-state index contributed by atoms with van der Waals surface area (Å²) in [6.07, 6.45) is 10.3. The van der Waals surface area contributed by atoms with Crippen LogP contribution in [0.4, 0.5) is 0 Å². The predicted octanol–water partition coefficient (Wildman–Crippen LogP) is 4.80. The van der Waals surface area contributed by atoms with Gasteiger partial charge < -0.3 is 5.32 Å². The van der Waals surface area contributed by atoms with Gasteiger partial charge in [0, 0.05) is 38.3 Å². The topological polar surface area (TPSA) is 18.5 Å². The Balaban J connectivity index is 1.22. The van der Waals surface area contributed by atoms with E-state index in [1.807, 2.05) is 0 Å². The molecule has 1 aromatic rings. The summed E-state index contributed by atoms with van der Waals surface area (Å²) in [6, 6.07) is 10.8. The van der Waals surface area contributed by atoms with Gasteiger partial charge in [-0.25, -0.2) is 0 Å². The molecule has 2 heterocycles. The number of nitrogens with zero attached hydrogens (tertiary/aromatic N) is 2. The Bertz CT molecular complexity index is 755. The average Bonchev–Trinajstić information content (AvgIpc) is 2.68.